The van der Waals surface area contributed by atoms with Crippen LogP contribution in [0, 0.1) is 40.9 Å². The summed E-state index contributed by atoms with van der Waals surface area (Å²) >= 11 is 0. The number of aryl methyl sites for hydroxylation is 1. The summed E-state index contributed by atoms with van der Waals surface area (Å²) in [4.78, 5) is 13.8. The molecular formula is C28H48N6O. The molecule has 4 aliphatic rings. The molecule has 2 aliphatic carbocycles. The third-order valence-electron chi connectivity index (χ3n) is 9.74. The van der Waals surface area contributed by atoms with Crippen LogP contribution in [0.1, 0.15) is 71.6 Å². The number of hydrogen-bond donors (Lipinski definition) is 4. The van der Waals surface area contributed by atoms with Gasteiger partial charge in [-0.25, -0.2) is 0 Å². The minimum Gasteiger partial charge on any atom is -0.351 e. The number of carbonyl (C=O) groups excluding carboxylic acids is 1. The van der Waals surface area contributed by atoms with Gasteiger partial charge in [0.2, 0.25) is 11.5 Å². The maximum Gasteiger partial charge on any atom is 0.223 e. The van der Waals surface area contributed by atoms with Crippen LogP contribution < -0.4 is 21.6 Å². The zero-order valence-electron chi connectivity index (χ0n) is 22.1. The maximum atomic E-state index is 13.8. The SMILES string of the molecule is CC1CCNC(C(NC(=O)C2CC(Cn3ccn(C)c3=N)CC(C3CCCNC3C)C2)C2CC2)C1. The van der Waals surface area contributed by atoms with E-state index < -0.39 is 0 Å². The van der Waals surface area contributed by atoms with Crippen LogP contribution in [-0.4, -0.2) is 46.3 Å². The smallest absolute Gasteiger partial charge is 0.223 e. The van der Waals surface area contributed by atoms with E-state index in [-0.39, 0.29) is 5.92 Å². The molecule has 3 heterocycles. The van der Waals surface area contributed by atoms with Gasteiger partial charge in [-0.15, -0.1) is 0 Å². The van der Waals surface area contributed by atoms with E-state index in [9.17, 15) is 4.79 Å². The van der Waals surface area contributed by atoms with E-state index in [2.05, 4.69) is 34.4 Å². The van der Waals surface area contributed by atoms with E-state index >= 15 is 0 Å². The summed E-state index contributed by atoms with van der Waals surface area (Å²) in [5.41, 5.74) is 0.548. The molecule has 2 saturated heterocycles. The molecule has 0 spiro atoms. The van der Waals surface area contributed by atoms with Gasteiger partial charge >= 0.3 is 0 Å². The Morgan fingerprint density at radius 1 is 1.09 bits per heavy atom. The van der Waals surface area contributed by atoms with Crippen molar-refractivity contribution >= 4 is 5.91 Å². The highest BCUT2D eigenvalue weighted by Crippen LogP contribution is 2.42. The first-order valence-corrected chi connectivity index (χ1v) is 14.4. The van der Waals surface area contributed by atoms with Gasteiger partial charge in [-0.3, -0.25) is 10.2 Å². The minimum absolute atomic E-state index is 0.0913. The Balaban J connectivity index is 1.31. The van der Waals surface area contributed by atoms with Gasteiger partial charge in [-0.2, -0.15) is 0 Å². The fraction of sp³-hybridized carbons (Fsp3) is 0.857. The number of rotatable bonds is 7. The number of nitrogens with zero attached hydrogens (tertiary/aromatic N) is 2. The fourth-order valence-electron chi connectivity index (χ4n) is 7.57. The minimum atomic E-state index is 0.0913. The van der Waals surface area contributed by atoms with Gasteiger partial charge in [-0.1, -0.05) is 6.92 Å². The monoisotopic (exact) mass is 484 g/mol. The Labute approximate surface area is 211 Å². The second kappa shape index (κ2) is 10.8. The van der Waals surface area contributed by atoms with Crippen LogP contribution in [-0.2, 0) is 18.4 Å². The summed E-state index contributed by atoms with van der Waals surface area (Å²) in [5, 5.41) is 19.5. The Hall–Kier alpha value is -1.60. The fourth-order valence-corrected chi connectivity index (χ4v) is 7.57. The molecule has 0 bridgehead atoms. The average molecular weight is 485 g/mol. The lowest BCUT2D eigenvalue weighted by atomic mass is 9.66. The number of hydrogen-bond acceptors (Lipinski definition) is 4. The molecule has 2 aliphatic heterocycles. The van der Waals surface area contributed by atoms with Gasteiger partial charge in [0.1, 0.15) is 0 Å². The van der Waals surface area contributed by atoms with Crippen LogP contribution in [0.3, 0.4) is 0 Å². The first-order valence-electron chi connectivity index (χ1n) is 14.4. The Bertz CT molecular complexity index is 919. The number of amides is 1. The topological polar surface area (TPSA) is 86.9 Å². The number of carbonyl (C=O) groups is 1. The molecule has 4 fully saturated rings. The van der Waals surface area contributed by atoms with Crippen LogP contribution in [0.15, 0.2) is 12.4 Å². The predicted molar refractivity (Wildman–Crippen MR) is 139 cm³/mol. The van der Waals surface area contributed by atoms with Gasteiger partial charge in [-0.05, 0) is 107 Å². The number of imidazole rings is 1. The molecule has 7 heteroatoms. The van der Waals surface area contributed by atoms with E-state index in [0.717, 1.165) is 38.4 Å². The van der Waals surface area contributed by atoms with Crippen molar-refractivity contribution in [3.63, 3.8) is 0 Å². The van der Waals surface area contributed by atoms with Crippen molar-refractivity contribution in [2.24, 2.45) is 42.6 Å². The molecule has 8 unspecified atom stereocenters. The Morgan fingerprint density at radius 3 is 2.60 bits per heavy atom. The van der Waals surface area contributed by atoms with Crippen molar-refractivity contribution in [2.45, 2.75) is 96.3 Å². The zero-order chi connectivity index (χ0) is 24.5. The first kappa shape index (κ1) is 25.1. The molecule has 8 atom stereocenters. The van der Waals surface area contributed by atoms with Crippen molar-refractivity contribution in [3.05, 3.63) is 18.0 Å². The molecular weight excluding hydrogens is 436 g/mol. The second-order valence-electron chi connectivity index (χ2n) is 12.5. The summed E-state index contributed by atoms with van der Waals surface area (Å²) in [6.45, 7) is 7.75. The Morgan fingerprint density at radius 2 is 1.91 bits per heavy atom. The molecule has 35 heavy (non-hydrogen) atoms. The normalized spacial score (nSPS) is 37.1. The van der Waals surface area contributed by atoms with E-state index in [1.807, 2.05) is 24.0 Å². The van der Waals surface area contributed by atoms with E-state index in [1.165, 1.54) is 44.9 Å². The molecule has 0 radical (unpaired) electrons. The van der Waals surface area contributed by atoms with Crippen LogP contribution >= 0.6 is 0 Å². The van der Waals surface area contributed by atoms with E-state index in [1.54, 1.807) is 0 Å². The van der Waals surface area contributed by atoms with Crippen LogP contribution in [0.2, 0.25) is 0 Å². The summed E-state index contributed by atoms with van der Waals surface area (Å²) < 4.78 is 3.95. The lowest BCUT2D eigenvalue weighted by molar-refractivity contribution is -0.129. The maximum absolute atomic E-state index is 13.8. The quantitative estimate of drug-likeness (QED) is 0.480. The number of nitrogens with one attached hydrogen (secondary N) is 4. The first-order chi connectivity index (χ1) is 16.9. The van der Waals surface area contributed by atoms with Crippen LogP contribution in [0.5, 0.6) is 0 Å². The van der Waals surface area contributed by atoms with Crippen molar-refractivity contribution in [2.75, 3.05) is 13.1 Å². The molecule has 1 aromatic rings. The molecule has 2 saturated carbocycles. The van der Waals surface area contributed by atoms with Gasteiger partial charge < -0.3 is 25.1 Å². The zero-order valence-corrected chi connectivity index (χ0v) is 22.1. The summed E-state index contributed by atoms with van der Waals surface area (Å²) in [7, 11) is 1.94. The van der Waals surface area contributed by atoms with Crippen molar-refractivity contribution in [1.82, 2.24) is 25.1 Å². The highest BCUT2D eigenvalue weighted by Gasteiger charge is 2.43. The van der Waals surface area contributed by atoms with Crippen molar-refractivity contribution < 1.29 is 4.79 Å². The number of aromatic nitrogens is 2. The Kier molecular flexibility index (Phi) is 7.73. The second-order valence-corrected chi connectivity index (χ2v) is 12.5. The highest BCUT2D eigenvalue weighted by atomic mass is 16.2. The molecule has 1 aromatic heterocycles. The summed E-state index contributed by atoms with van der Waals surface area (Å²) in [6.07, 6.45) is 14.6. The number of piperidine rings is 2. The predicted octanol–water partition coefficient (Wildman–Crippen LogP) is 3.01. The van der Waals surface area contributed by atoms with Crippen molar-refractivity contribution in [1.29, 1.82) is 5.41 Å². The van der Waals surface area contributed by atoms with Gasteiger partial charge in [0, 0.05) is 50.0 Å². The van der Waals surface area contributed by atoms with Gasteiger partial charge in [0.15, 0.2) is 0 Å². The van der Waals surface area contributed by atoms with Gasteiger partial charge in [0.05, 0.1) is 0 Å². The third-order valence-corrected chi connectivity index (χ3v) is 9.74. The standard InChI is InChI=1S/C28H48N6O/c1-18-8-10-31-25(13-18)26(21-6-7-21)32-27(35)23-15-20(17-34-12-11-33(3)28(34)29)14-22(16-23)24-5-4-9-30-19(24)2/h11-12,18-26,29-31H,4-10,13-17H2,1-3H3,(H,32,35). The van der Waals surface area contributed by atoms with Crippen LogP contribution in [0.25, 0.3) is 0 Å². The average Bonchev–Trinajstić information content (AvgIpc) is 3.64. The molecule has 5 rings (SSSR count). The van der Waals surface area contributed by atoms with Crippen LogP contribution in [0.4, 0.5) is 0 Å². The van der Waals surface area contributed by atoms with Crippen molar-refractivity contribution in [3.8, 4) is 0 Å². The highest BCUT2D eigenvalue weighted by molar-refractivity contribution is 5.79. The summed E-state index contributed by atoms with van der Waals surface area (Å²) in [5.74, 6) is 3.47. The third kappa shape index (κ3) is 5.87. The van der Waals surface area contributed by atoms with E-state index in [0.29, 0.717) is 53.3 Å². The van der Waals surface area contributed by atoms with E-state index in [4.69, 9.17) is 5.41 Å². The molecule has 1 amide bonds. The summed E-state index contributed by atoms with van der Waals surface area (Å²) in [6, 6.07) is 1.25. The molecule has 7 nitrogen and oxygen atoms in total. The molecule has 4 N–H and O–H groups in total. The largest absolute Gasteiger partial charge is 0.351 e. The lowest BCUT2D eigenvalue weighted by Gasteiger charge is -2.43. The molecule has 196 valence electrons. The lowest BCUT2D eigenvalue weighted by Crippen LogP contribution is -2.55. The molecule has 0 aromatic carbocycles. The van der Waals surface area contributed by atoms with Gasteiger partial charge in [0.25, 0.3) is 0 Å².